The maximum atomic E-state index is 11.1. The third-order valence-electron chi connectivity index (χ3n) is 2.83. The number of unbranched alkanes of at least 4 members (excludes halogenated alkanes) is 8. The molecule has 0 saturated heterocycles. The summed E-state index contributed by atoms with van der Waals surface area (Å²) < 4.78 is 31.6. The van der Waals surface area contributed by atoms with Crippen molar-refractivity contribution >= 4 is 16.3 Å². The van der Waals surface area contributed by atoms with Crippen molar-refractivity contribution in [3.8, 4) is 0 Å². The Bertz CT molecular complexity index is 328. The van der Waals surface area contributed by atoms with Gasteiger partial charge in [0.25, 0.3) is 0 Å². The second kappa shape index (κ2) is 19.4. The van der Waals surface area contributed by atoms with Gasteiger partial charge in [0.05, 0.1) is 0 Å². The van der Waals surface area contributed by atoms with Crippen LogP contribution in [-0.2, 0) is 15.2 Å². The Morgan fingerprint density at radius 2 is 1.32 bits per heavy atom. The van der Waals surface area contributed by atoms with E-state index in [9.17, 15) is 4.79 Å². The summed E-state index contributed by atoms with van der Waals surface area (Å²) in [4.78, 5) is 11.1. The average Bonchev–Trinajstić information content (AvgIpc) is 2.35. The molecule has 0 aliphatic heterocycles. The van der Waals surface area contributed by atoms with E-state index < -0.39 is 10.4 Å². The van der Waals surface area contributed by atoms with Crippen LogP contribution in [0.3, 0.4) is 0 Å². The van der Waals surface area contributed by atoms with E-state index in [2.05, 4.69) is 19.2 Å². The number of hydrogen-bond donors (Lipinski definition) is 3. The molecule has 0 fully saturated rings. The number of carbonyl (C=O) groups is 1. The Kier molecular flexibility index (Phi) is 24.0. The van der Waals surface area contributed by atoms with Crippen molar-refractivity contribution < 1.29 is 51.9 Å². The topological polar surface area (TPSA) is 104 Å². The number of rotatable bonds is 11. The average molecular weight is 347 g/mol. The third kappa shape index (κ3) is 37.0. The van der Waals surface area contributed by atoms with Gasteiger partial charge in [0, 0.05) is 6.42 Å². The molecule has 0 atom stereocenters. The van der Waals surface area contributed by atoms with E-state index >= 15 is 0 Å². The molecule has 22 heavy (non-hydrogen) atoms. The van der Waals surface area contributed by atoms with Gasteiger partial charge in [-0.1, -0.05) is 58.3 Å². The Morgan fingerprint density at radius 3 is 1.68 bits per heavy atom. The van der Waals surface area contributed by atoms with Gasteiger partial charge in [0.1, 0.15) is 0 Å². The first-order chi connectivity index (χ1) is 9.81. The quantitative estimate of drug-likeness (QED) is 0.214. The molecule has 0 aromatic rings. The molecule has 0 radical (unpaired) electrons. The third-order valence-corrected chi connectivity index (χ3v) is 2.83. The molecule has 0 aromatic carbocycles. The summed E-state index contributed by atoms with van der Waals surface area (Å²) in [6, 6.07) is 0. The summed E-state index contributed by atoms with van der Waals surface area (Å²) in [6.07, 6.45) is 12.4. The molecular weight excluding hydrogens is 317 g/mol. The van der Waals surface area contributed by atoms with Crippen LogP contribution >= 0.6 is 0 Å². The van der Waals surface area contributed by atoms with Crippen LogP contribution in [0, 0.1) is 6.92 Å². The molecule has 0 spiro atoms. The van der Waals surface area contributed by atoms with Crippen LogP contribution in [0.2, 0.25) is 0 Å². The minimum Gasteiger partial charge on any atom is -0.386 e. The molecule has 6 nitrogen and oxygen atoms in total. The minimum absolute atomic E-state index is 0. The summed E-state index contributed by atoms with van der Waals surface area (Å²) in [5.74, 6) is 0.151. The van der Waals surface area contributed by atoms with Gasteiger partial charge < -0.3 is 12.2 Å². The Hall–Kier alpha value is 0.340. The molecule has 0 rings (SSSR count). The molecule has 0 aromatic heterocycles. The first-order valence-electron chi connectivity index (χ1n) is 7.57. The van der Waals surface area contributed by atoms with Gasteiger partial charge in [0.15, 0.2) is 0 Å². The van der Waals surface area contributed by atoms with Crippen molar-refractivity contribution in [2.45, 2.75) is 71.1 Å². The van der Waals surface area contributed by atoms with Gasteiger partial charge in [-0.2, -0.15) is 8.42 Å². The summed E-state index contributed by atoms with van der Waals surface area (Å²) in [5, 5.41) is 2.72. The molecule has 1 amide bonds. The van der Waals surface area contributed by atoms with Crippen LogP contribution in [0.4, 0.5) is 0 Å². The van der Waals surface area contributed by atoms with E-state index in [4.69, 9.17) is 17.5 Å². The molecule has 8 heteroatoms. The summed E-state index contributed by atoms with van der Waals surface area (Å²) in [7, 11) is -4.67. The zero-order chi connectivity index (χ0) is 16.6. The molecule has 3 N–H and O–H groups in total. The molecule has 128 valence electrons. The molecule has 0 unspecified atom stereocenters. The van der Waals surface area contributed by atoms with Gasteiger partial charge in [-0.3, -0.25) is 13.9 Å². The van der Waals surface area contributed by atoms with E-state index in [0.717, 1.165) is 6.42 Å². The van der Waals surface area contributed by atoms with Crippen LogP contribution in [0.25, 0.3) is 0 Å². The molecule has 0 saturated carbocycles. The predicted octanol–water partition coefficient (Wildman–Crippen LogP) is 0.209. The fourth-order valence-corrected chi connectivity index (χ4v) is 1.82. The Labute approximate surface area is 157 Å². The van der Waals surface area contributed by atoms with Gasteiger partial charge in [-0.15, -0.1) is 6.54 Å². The molecular formula is C14H30NNaO5S. The second-order valence-corrected chi connectivity index (χ2v) is 5.77. The number of nitrogens with one attached hydrogen (secondary N) is 1. The van der Waals surface area contributed by atoms with Crippen LogP contribution in [-0.4, -0.2) is 30.0 Å². The van der Waals surface area contributed by atoms with Gasteiger partial charge in [-0.25, -0.2) is 0 Å². The first kappa shape index (κ1) is 27.2. The van der Waals surface area contributed by atoms with E-state index in [0.29, 0.717) is 13.0 Å². The second-order valence-electron chi connectivity index (χ2n) is 4.88. The van der Waals surface area contributed by atoms with Crippen molar-refractivity contribution in [2.75, 3.05) is 6.54 Å². The van der Waals surface area contributed by atoms with Gasteiger partial charge in [-0.05, 0) is 6.42 Å². The fraction of sp³-hybridized carbons (Fsp3) is 0.857. The maximum absolute atomic E-state index is 11.1. The van der Waals surface area contributed by atoms with Gasteiger partial charge >= 0.3 is 40.0 Å². The molecule has 0 aliphatic rings. The van der Waals surface area contributed by atoms with Crippen LogP contribution < -0.4 is 34.9 Å². The van der Waals surface area contributed by atoms with E-state index in [1.165, 1.54) is 51.4 Å². The normalized spacial score (nSPS) is 10.2. The maximum Gasteiger partial charge on any atom is 1.00 e. The predicted molar refractivity (Wildman–Crippen MR) is 84.4 cm³/mol. The SMILES string of the molecule is O=S(=O)(O)O.[CH2-]CNC(=O)CCCCCCCCCCC.[Na+]. The fourth-order valence-electron chi connectivity index (χ4n) is 1.82. The summed E-state index contributed by atoms with van der Waals surface area (Å²) >= 11 is 0. The van der Waals surface area contributed by atoms with Crippen LogP contribution in [0.1, 0.15) is 71.1 Å². The van der Waals surface area contributed by atoms with Crippen molar-refractivity contribution in [2.24, 2.45) is 0 Å². The van der Waals surface area contributed by atoms with Crippen molar-refractivity contribution in [1.29, 1.82) is 0 Å². The Morgan fingerprint density at radius 1 is 0.955 bits per heavy atom. The van der Waals surface area contributed by atoms with Crippen molar-refractivity contribution in [3.63, 3.8) is 0 Å². The van der Waals surface area contributed by atoms with E-state index in [1.807, 2.05) is 0 Å². The molecule has 0 aliphatic carbocycles. The zero-order valence-electron chi connectivity index (χ0n) is 14.0. The molecule has 0 bridgehead atoms. The Balaban J connectivity index is -0.000000520. The summed E-state index contributed by atoms with van der Waals surface area (Å²) in [6.45, 7) is 6.34. The smallest absolute Gasteiger partial charge is 0.386 e. The van der Waals surface area contributed by atoms with Crippen molar-refractivity contribution in [1.82, 2.24) is 5.32 Å². The van der Waals surface area contributed by atoms with E-state index in [1.54, 1.807) is 0 Å². The standard InChI is InChI=1S/C14H28NO.Na.H2O4S/c1-3-5-6-7-8-9-10-11-12-13-14(16)15-4-2;;1-5(2,3)4/h2-13H2,1H3,(H,15,16);;(H2,1,2,3,4)/q-1;+1;. The zero-order valence-corrected chi connectivity index (χ0v) is 16.8. The number of carbonyl (C=O) groups excluding carboxylic acids is 1. The van der Waals surface area contributed by atoms with Crippen molar-refractivity contribution in [3.05, 3.63) is 6.92 Å². The van der Waals surface area contributed by atoms with Gasteiger partial charge in [0.2, 0.25) is 5.91 Å². The minimum atomic E-state index is -4.67. The van der Waals surface area contributed by atoms with Crippen LogP contribution in [0.5, 0.6) is 0 Å². The number of hydrogen-bond acceptors (Lipinski definition) is 3. The number of amides is 1. The first-order valence-corrected chi connectivity index (χ1v) is 8.96. The monoisotopic (exact) mass is 347 g/mol. The largest absolute Gasteiger partial charge is 1.00 e. The summed E-state index contributed by atoms with van der Waals surface area (Å²) in [5.41, 5.74) is 0. The molecule has 0 heterocycles. The van der Waals surface area contributed by atoms with Crippen LogP contribution in [0.15, 0.2) is 0 Å². The van der Waals surface area contributed by atoms with E-state index in [-0.39, 0.29) is 35.5 Å².